The molecule has 3 nitrogen and oxygen atoms in total. The van der Waals surface area contributed by atoms with Gasteiger partial charge in [0.15, 0.2) is 0 Å². The normalized spacial score (nSPS) is 15.2. The predicted octanol–water partition coefficient (Wildman–Crippen LogP) is 15.6. The molecule has 10 aromatic rings. The second-order valence-corrected chi connectivity index (χ2v) is 16.8. The van der Waals surface area contributed by atoms with Gasteiger partial charge in [0.1, 0.15) is 0 Å². The summed E-state index contributed by atoms with van der Waals surface area (Å²) in [5.74, 6) is 0. The number of aryl methyl sites for hydroxylation is 2. The highest BCUT2D eigenvalue weighted by Gasteiger charge is 2.49. The second kappa shape index (κ2) is 14.8. The molecule has 0 radical (unpaired) electrons. The van der Waals surface area contributed by atoms with Crippen molar-refractivity contribution in [1.29, 1.82) is 0 Å². The van der Waals surface area contributed by atoms with Crippen LogP contribution in [-0.4, -0.2) is 4.57 Å². The van der Waals surface area contributed by atoms with Gasteiger partial charge in [0.2, 0.25) is 0 Å². The molecule has 296 valence electrons. The van der Waals surface area contributed by atoms with Gasteiger partial charge in [-0.1, -0.05) is 146 Å². The summed E-state index contributed by atoms with van der Waals surface area (Å²) in [7, 11) is 0. The Hall–Kier alpha value is -7.62. The van der Waals surface area contributed by atoms with Crippen LogP contribution in [0.3, 0.4) is 0 Å². The first-order valence-corrected chi connectivity index (χ1v) is 22.0. The van der Waals surface area contributed by atoms with Crippen molar-refractivity contribution in [2.75, 3.05) is 9.80 Å². The maximum absolute atomic E-state index is 2.59. The number of para-hydroxylation sites is 5. The Labute approximate surface area is 363 Å². The van der Waals surface area contributed by atoms with E-state index in [0.717, 1.165) is 37.1 Å². The van der Waals surface area contributed by atoms with E-state index < -0.39 is 0 Å². The van der Waals surface area contributed by atoms with Gasteiger partial charge in [0.25, 0.3) is 0 Å². The minimum absolute atomic E-state index is 0.187. The van der Waals surface area contributed by atoms with Gasteiger partial charge >= 0.3 is 0 Å². The summed E-state index contributed by atoms with van der Waals surface area (Å²) in [5.41, 5.74) is 18.8. The molecular formula is C59H45N3. The molecule has 0 bridgehead atoms. The molecule has 0 saturated carbocycles. The first kappa shape index (κ1) is 36.2. The van der Waals surface area contributed by atoms with Gasteiger partial charge < -0.3 is 14.4 Å². The zero-order valence-corrected chi connectivity index (χ0v) is 34.5. The second-order valence-electron chi connectivity index (χ2n) is 16.8. The first-order chi connectivity index (χ1) is 30.8. The number of nitrogens with zero attached hydrogens (tertiary/aromatic N) is 3. The average Bonchev–Trinajstić information content (AvgIpc) is 4.03. The molecule has 62 heavy (non-hydrogen) atoms. The van der Waals surface area contributed by atoms with Crippen LogP contribution in [0.15, 0.2) is 224 Å². The standard InChI is InChI=1S/C59H45N3/c1-5-19-42(20-6-1)49-29-13-15-31-52(49)62(48-35-36-54-51(41-48)50-30-14-16-32-53(50)61(54)47-27-11-4-12-28-47)56-34-18-22-44-38-40-59(58(44)56)39-37-43-21-17-33-55(57(43)59)60(45-23-7-2-8-24-45)46-25-9-3-10-26-46/h1-36,41H,37-40H2/t59-/m1/s1. The third-order valence-corrected chi connectivity index (χ3v) is 13.5. The SMILES string of the molecule is c1ccc(-c2ccccc2N(c2ccc3c(c2)c2ccccc2n3-c2ccccc2)c2cccc3c2[C@]2(CCc4cccc(N(c5ccccc5)c5ccccc5)c42)CC3)cc1. The van der Waals surface area contributed by atoms with Crippen LogP contribution in [0.5, 0.6) is 0 Å². The van der Waals surface area contributed by atoms with Crippen LogP contribution in [0.4, 0.5) is 34.1 Å². The molecule has 0 aliphatic heterocycles. The molecule has 0 N–H and O–H groups in total. The van der Waals surface area contributed by atoms with Gasteiger partial charge in [-0.2, -0.15) is 0 Å². The molecule has 2 aliphatic carbocycles. The fraction of sp³-hybridized carbons (Fsp3) is 0.0847. The predicted molar refractivity (Wildman–Crippen MR) is 259 cm³/mol. The van der Waals surface area contributed by atoms with Crippen LogP contribution in [0.25, 0.3) is 38.6 Å². The van der Waals surface area contributed by atoms with Crippen molar-refractivity contribution >= 4 is 55.9 Å². The largest absolute Gasteiger partial charge is 0.310 e. The number of rotatable bonds is 8. The van der Waals surface area contributed by atoms with Gasteiger partial charge in [-0.15, -0.1) is 0 Å². The van der Waals surface area contributed by atoms with E-state index in [1.807, 2.05) is 0 Å². The van der Waals surface area contributed by atoms with Crippen molar-refractivity contribution in [3.63, 3.8) is 0 Å². The van der Waals surface area contributed by atoms with Crippen LogP contribution < -0.4 is 9.80 Å². The van der Waals surface area contributed by atoms with E-state index >= 15 is 0 Å². The van der Waals surface area contributed by atoms with E-state index in [2.05, 4.69) is 239 Å². The zero-order valence-electron chi connectivity index (χ0n) is 34.5. The van der Waals surface area contributed by atoms with Crippen LogP contribution in [0.1, 0.15) is 35.1 Å². The highest BCUT2D eigenvalue weighted by molar-refractivity contribution is 6.11. The van der Waals surface area contributed by atoms with E-state index in [4.69, 9.17) is 0 Å². The van der Waals surface area contributed by atoms with Crippen molar-refractivity contribution in [3.8, 4) is 16.8 Å². The molecule has 1 aromatic heterocycles. The monoisotopic (exact) mass is 795 g/mol. The minimum Gasteiger partial charge on any atom is -0.310 e. The lowest BCUT2D eigenvalue weighted by Crippen LogP contribution is -2.27. The summed E-state index contributed by atoms with van der Waals surface area (Å²) in [6.45, 7) is 0. The molecule has 9 aromatic carbocycles. The van der Waals surface area contributed by atoms with Crippen molar-refractivity contribution in [2.45, 2.75) is 31.1 Å². The third kappa shape index (κ3) is 5.73. The molecule has 1 atom stereocenters. The highest BCUT2D eigenvalue weighted by atomic mass is 15.2. The molecule has 2 aliphatic rings. The van der Waals surface area contributed by atoms with Crippen LogP contribution in [0.2, 0.25) is 0 Å². The van der Waals surface area contributed by atoms with E-state index in [1.54, 1.807) is 0 Å². The summed E-state index contributed by atoms with van der Waals surface area (Å²) in [4.78, 5) is 5.08. The van der Waals surface area contributed by atoms with Crippen molar-refractivity contribution in [2.24, 2.45) is 0 Å². The Balaban J connectivity index is 1.12. The summed E-state index contributed by atoms with van der Waals surface area (Å²) >= 11 is 0. The maximum atomic E-state index is 2.59. The summed E-state index contributed by atoms with van der Waals surface area (Å²) in [6, 6.07) is 82.6. The van der Waals surface area contributed by atoms with E-state index in [1.165, 1.54) is 83.6 Å². The number of aromatic nitrogens is 1. The fourth-order valence-electron chi connectivity index (χ4n) is 11.0. The molecular weight excluding hydrogens is 751 g/mol. The quantitative estimate of drug-likeness (QED) is 0.152. The first-order valence-electron chi connectivity index (χ1n) is 22.0. The summed E-state index contributed by atoms with van der Waals surface area (Å²) < 4.78 is 2.41. The van der Waals surface area contributed by atoms with Crippen LogP contribution >= 0.6 is 0 Å². The molecule has 3 heteroatoms. The molecule has 0 amide bonds. The lowest BCUT2D eigenvalue weighted by Gasteiger charge is -2.37. The Bertz CT molecular complexity index is 3200. The van der Waals surface area contributed by atoms with Gasteiger partial charge in [-0.05, 0) is 132 Å². The van der Waals surface area contributed by atoms with Crippen molar-refractivity contribution < 1.29 is 0 Å². The van der Waals surface area contributed by atoms with E-state index in [-0.39, 0.29) is 5.41 Å². The van der Waals surface area contributed by atoms with E-state index in [9.17, 15) is 0 Å². The summed E-state index contributed by atoms with van der Waals surface area (Å²) in [5, 5.41) is 2.48. The Morgan fingerprint density at radius 3 is 1.55 bits per heavy atom. The minimum atomic E-state index is -0.187. The smallest absolute Gasteiger partial charge is 0.0542 e. The Kier molecular flexibility index (Phi) is 8.67. The summed E-state index contributed by atoms with van der Waals surface area (Å²) in [6.07, 6.45) is 4.21. The maximum Gasteiger partial charge on any atom is 0.0542 e. The fourth-order valence-corrected chi connectivity index (χ4v) is 11.0. The van der Waals surface area contributed by atoms with Gasteiger partial charge in [-0.3, -0.25) is 0 Å². The number of anilines is 6. The molecule has 0 saturated heterocycles. The molecule has 1 heterocycles. The number of hydrogen-bond donors (Lipinski definition) is 0. The highest BCUT2D eigenvalue weighted by Crippen LogP contribution is 2.60. The van der Waals surface area contributed by atoms with Gasteiger partial charge in [0.05, 0.1) is 28.1 Å². The molecule has 0 fully saturated rings. The van der Waals surface area contributed by atoms with Gasteiger partial charge in [0, 0.05) is 44.5 Å². The van der Waals surface area contributed by atoms with Crippen molar-refractivity contribution in [1.82, 2.24) is 4.57 Å². The Morgan fingerprint density at radius 1 is 0.371 bits per heavy atom. The third-order valence-electron chi connectivity index (χ3n) is 13.5. The number of benzene rings is 9. The van der Waals surface area contributed by atoms with E-state index in [0.29, 0.717) is 0 Å². The van der Waals surface area contributed by atoms with Gasteiger partial charge in [-0.25, -0.2) is 0 Å². The molecule has 0 unspecified atom stereocenters. The number of hydrogen-bond acceptors (Lipinski definition) is 2. The topological polar surface area (TPSA) is 11.4 Å². The molecule has 1 spiro atoms. The molecule has 12 rings (SSSR count). The Morgan fingerprint density at radius 2 is 0.887 bits per heavy atom. The van der Waals surface area contributed by atoms with Crippen LogP contribution in [0, 0.1) is 0 Å². The lowest BCUT2D eigenvalue weighted by atomic mass is 9.74. The number of fused-ring (bicyclic) bond motifs is 7. The average molecular weight is 796 g/mol. The van der Waals surface area contributed by atoms with Crippen molar-refractivity contribution in [3.05, 3.63) is 247 Å². The lowest BCUT2D eigenvalue weighted by molar-refractivity contribution is 0.508. The van der Waals surface area contributed by atoms with Crippen LogP contribution in [-0.2, 0) is 18.3 Å². The zero-order chi connectivity index (χ0) is 41.0.